The van der Waals surface area contributed by atoms with Crippen LogP contribution in [0.2, 0.25) is 0 Å². The number of rotatable bonds is 5. The molecule has 0 radical (unpaired) electrons. The fourth-order valence-electron chi connectivity index (χ4n) is 4.60. The van der Waals surface area contributed by atoms with Gasteiger partial charge in [0.15, 0.2) is 19.7 Å². The third-order valence-electron chi connectivity index (χ3n) is 5.38. The predicted octanol–water partition coefficient (Wildman–Crippen LogP) is 0.694. The Bertz CT molecular complexity index is 663. The Morgan fingerprint density at radius 2 is 2.00 bits per heavy atom. The number of aliphatic hydroxyl groups is 1. The smallest absolute Gasteiger partial charge is 0.160 e. The number of allylic oxidation sites excluding steroid dienone is 2. The lowest BCUT2D eigenvalue weighted by Gasteiger charge is -2.37. The minimum absolute atomic E-state index is 0.0268. The molecule has 5 atom stereocenters. The number of sulfone groups is 2. The van der Waals surface area contributed by atoms with E-state index in [2.05, 4.69) is 0 Å². The maximum absolute atomic E-state index is 12.9. The molecule has 7 heteroatoms. The van der Waals surface area contributed by atoms with Gasteiger partial charge in [0.2, 0.25) is 0 Å². The van der Waals surface area contributed by atoms with Gasteiger partial charge in [-0.15, -0.1) is 0 Å². The first-order valence-corrected chi connectivity index (χ1v) is 10.9. The monoisotopic (exact) mass is 334 g/mol. The first-order chi connectivity index (χ1) is 9.77. The van der Waals surface area contributed by atoms with Crippen LogP contribution in [-0.4, -0.2) is 49.5 Å². The minimum Gasteiger partial charge on any atom is -0.390 e. The average Bonchev–Trinajstić information content (AvgIpc) is 3.01. The van der Waals surface area contributed by atoms with Crippen LogP contribution < -0.4 is 0 Å². The summed E-state index contributed by atoms with van der Waals surface area (Å²) in [6.45, 7) is 1.99. The summed E-state index contributed by atoms with van der Waals surface area (Å²) in [7, 11) is -7.22. The third-order valence-corrected chi connectivity index (χ3v) is 10.6. The van der Waals surface area contributed by atoms with Crippen molar-refractivity contribution in [2.24, 2.45) is 11.8 Å². The van der Waals surface area contributed by atoms with Crippen LogP contribution in [0.4, 0.5) is 0 Å². The van der Waals surface area contributed by atoms with Crippen LogP contribution in [0.25, 0.3) is 0 Å². The molecule has 21 heavy (non-hydrogen) atoms. The highest BCUT2D eigenvalue weighted by molar-refractivity contribution is 7.97. The molecule has 120 valence electrons. The minimum atomic E-state index is -3.66. The van der Waals surface area contributed by atoms with Crippen LogP contribution in [-0.2, 0) is 19.7 Å². The van der Waals surface area contributed by atoms with E-state index in [1.807, 2.05) is 19.1 Å². The second kappa shape index (κ2) is 4.80. The van der Waals surface area contributed by atoms with E-state index in [9.17, 15) is 21.9 Å². The Morgan fingerprint density at radius 1 is 1.29 bits per heavy atom. The van der Waals surface area contributed by atoms with Crippen molar-refractivity contribution in [2.75, 3.05) is 11.5 Å². The SMILES string of the molecule is CCCCCS(=O)(=O)[C@]12[C@@H](O)CS(=O)(=O)[C@H]1[C@@H]1C=C[C@H]2C1. The van der Waals surface area contributed by atoms with Crippen LogP contribution in [0.3, 0.4) is 0 Å². The van der Waals surface area contributed by atoms with Crippen molar-refractivity contribution in [3.05, 3.63) is 12.2 Å². The van der Waals surface area contributed by atoms with Gasteiger partial charge in [0, 0.05) is 5.92 Å². The second-order valence-electron chi connectivity index (χ2n) is 6.54. The first-order valence-electron chi connectivity index (χ1n) is 7.57. The number of hydrogen-bond donors (Lipinski definition) is 1. The number of aliphatic hydroxyl groups excluding tert-OH is 1. The molecule has 3 rings (SSSR count). The van der Waals surface area contributed by atoms with Gasteiger partial charge in [-0.25, -0.2) is 16.8 Å². The zero-order valence-corrected chi connectivity index (χ0v) is 13.7. The molecule has 2 fully saturated rings. The van der Waals surface area contributed by atoms with Gasteiger partial charge in [0.1, 0.15) is 4.75 Å². The third kappa shape index (κ3) is 1.90. The molecular weight excluding hydrogens is 312 g/mol. The maximum Gasteiger partial charge on any atom is 0.160 e. The lowest BCUT2D eigenvalue weighted by molar-refractivity contribution is 0.142. The van der Waals surface area contributed by atoms with E-state index < -0.39 is 41.5 Å². The summed E-state index contributed by atoms with van der Waals surface area (Å²) in [5.41, 5.74) is 0. The van der Waals surface area contributed by atoms with Crippen LogP contribution in [0, 0.1) is 11.8 Å². The van der Waals surface area contributed by atoms with Crippen molar-refractivity contribution < 1.29 is 21.9 Å². The van der Waals surface area contributed by atoms with Crippen molar-refractivity contribution >= 4 is 19.7 Å². The van der Waals surface area contributed by atoms with Crippen molar-refractivity contribution in [2.45, 2.75) is 48.7 Å². The number of unbranched alkanes of at least 4 members (excludes halogenated alkanes) is 2. The highest BCUT2D eigenvalue weighted by Crippen LogP contribution is 2.59. The summed E-state index contributed by atoms with van der Waals surface area (Å²) < 4.78 is 49.1. The molecule has 1 heterocycles. The van der Waals surface area contributed by atoms with Crippen molar-refractivity contribution in [1.82, 2.24) is 0 Å². The Labute approximate surface area is 126 Å². The largest absolute Gasteiger partial charge is 0.390 e. The summed E-state index contributed by atoms with van der Waals surface area (Å²) in [6.07, 6.45) is 5.10. The fraction of sp³-hybridized carbons (Fsp3) is 0.857. The predicted molar refractivity (Wildman–Crippen MR) is 80.4 cm³/mol. The molecule has 2 aliphatic carbocycles. The van der Waals surface area contributed by atoms with Crippen molar-refractivity contribution in [1.29, 1.82) is 0 Å². The van der Waals surface area contributed by atoms with Gasteiger partial charge >= 0.3 is 0 Å². The molecule has 3 aliphatic rings. The number of hydrogen-bond acceptors (Lipinski definition) is 5. The van der Waals surface area contributed by atoms with E-state index in [0.29, 0.717) is 12.8 Å². The molecule has 1 aliphatic heterocycles. The summed E-state index contributed by atoms with van der Waals surface area (Å²) in [4.78, 5) is 0. The lowest BCUT2D eigenvalue weighted by atomic mass is 9.88. The van der Waals surface area contributed by atoms with E-state index in [1.54, 1.807) is 0 Å². The Balaban J connectivity index is 2.07. The van der Waals surface area contributed by atoms with Crippen LogP contribution >= 0.6 is 0 Å². The average molecular weight is 334 g/mol. The second-order valence-corrected chi connectivity index (χ2v) is 11.0. The fourth-order valence-corrected chi connectivity index (χ4v) is 10.7. The summed E-state index contributed by atoms with van der Waals surface area (Å²) in [5.74, 6) is -1.05. The van der Waals surface area contributed by atoms with Gasteiger partial charge in [-0.3, -0.25) is 0 Å². The topological polar surface area (TPSA) is 88.5 Å². The molecule has 0 unspecified atom stereocenters. The number of fused-ring (bicyclic) bond motifs is 5. The molecule has 1 N–H and O–H groups in total. The zero-order chi connectivity index (χ0) is 15.5. The zero-order valence-electron chi connectivity index (χ0n) is 12.1. The highest BCUT2D eigenvalue weighted by atomic mass is 32.2. The van der Waals surface area contributed by atoms with Gasteiger partial charge in [0.25, 0.3) is 0 Å². The molecule has 0 aromatic heterocycles. The Kier molecular flexibility index (Phi) is 3.54. The van der Waals surface area contributed by atoms with Crippen LogP contribution in [0.15, 0.2) is 12.2 Å². The van der Waals surface area contributed by atoms with Gasteiger partial charge in [-0.2, -0.15) is 0 Å². The van der Waals surface area contributed by atoms with Gasteiger partial charge in [-0.1, -0.05) is 31.9 Å². The quantitative estimate of drug-likeness (QED) is 0.590. The molecule has 1 saturated heterocycles. The molecule has 5 nitrogen and oxygen atoms in total. The van der Waals surface area contributed by atoms with Crippen molar-refractivity contribution in [3.8, 4) is 0 Å². The first kappa shape index (κ1) is 15.5. The van der Waals surface area contributed by atoms with Gasteiger partial charge in [0.05, 0.1) is 22.9 Å². The van der Waals surface area contributed by atoms with Gasteiger partial charge in [-0.05, 0) is 18.8 Å². The molecule has 0 aromatic rings. The summed E-state index contributed by atoms with van der Waals surface area (Å²) in [6, 6.07) is 0. The van der Waals surface area contributed by atoms with Crippen LogP contribution in [0.5, 0.6) is 0 Å². The van der Waals surface area contributed by atoms with E-state index >= 15 is 0 Å². The molecule has 1 saturated carbocycles. The molecule has 2 bridgehead atoms. The lowest BCUT2D eigenvalue weighted by Crippen LogP contribution is -2.57. The van der Waals surface area contributed by atoms with E-state index in [4.69, 9.17) is 0 Å². The van der Waals surface area contributed by atoms with Gasteiger partial charge < -0.3 is 5.11 Å². The summed E-state index contributed by atoms with van der Waals surface area (Å²) >= 11 is 0. The van der Waals surface area contributed by atoms with E-state index in [1.165, 1.54) is 0 Å². The molecule has 0 amide bonds. The molecule has 0 spiro atoms. The highest BCUT2D eigenvalue weighted by Gasteiger charge is 2.74. The van der Waals surface area contributed by atoms with E-state index in [0.717, 1.165) is 12.8 Å². The normalized spacial score (nSPS) is 43.3. The Morgan fingerprint density at radius 3 is 2.67 bits per heavy atom. The molecular formula is C14H22O5S2. The Hall–Kier alpha value is -0.400. The molecule has 0 aromatic carbocycles. The standard InChI is InChI=1S/C14H22O5S2/c1-2-3-4-7-21(18,19)14-11-6-5-10(8-11)13(14)20(16,17)9-12(14)15/h5-6,10-13,15H,2-4,7-9H2,1H3/t10-,11+,12+,13+,14-/m1/s1. The maximum atomic E-state index is 12.9. The summed E-state index contributed by atoms with van der Waals surface area (Å²) in [5, 5.41) is 9.46. The van der Waals surface area contributed by atoms with Crippen molar-refractivity contribution in [3.63, 3.8) is 0 Å². The van der Waals surface area contributed by atoms with E-state index in [-0.39, 0.29) is 17.6 Å². The van der Waals surface area contributed by atoms with Crippen LogP contribution in [0.1, 0.15) is 32.6 Å².